The van der Waals surface area contributed by atoms with Gasteiger partial charge >= 0.3 is 158 Å². The average molecular weight is 463 g/mol. The molecule has 0 fully saturated rings. The minimum absolute atomic E-state index is 0. The van der Waals surface area contributed by atoms with Crippen molar-refractivity contribution in [3.63, 3.8) is 0 Å². The summed E-state index contributed by atoms with van der Waals surface area (Å²) in [5.41, 5.74) is 10.6. The Morgan fingerprint density at radius 3 is 2.04 bits per heavy atom. The molecule has 0 radical (unpaired) electrons. The fourth-order valence-corrected chi connectivity index (χ4v) is 8.04. The molecule has 3 heteroatoms. The summed E-state index contributed by atoms with van der Waals surface area (Å²) in [6.45, 7) is 6.74. The van der Waals surface area contributed by atoms with Gasteiger partial charge in [0.1, 0.15) is 0 Å². The van der Waals surface area contributed by atoms with Crippen molar-refractivity contribution in [1.29, 1.82) is 0 Å². The Morgan fingerprint density at radius 1 is 0.923 bits per heavy atom. The molecule has 0 aliphatic heterocycles. The summed E-state index contributed by atoms with van der Waals surface area (Å²) < 4.78 is 2.47. The van der Waals surface area contributed by atoms with E-state index in [1.54, 1.807) is 20.0 Å². The monoisotopic (exact) mass is 460 g/mol. The van der Waals surface area contributed by atoms with E-state index in [4.69, 9.17) is 0 Å². The maximum Gasteiger partial charge on any atom is -1.00 e. The van der Waals surface area contributed by atoms with Crippen molar-refractivity contribution >= 4 is 0 Å². The molecule has 0 nitrogen and oxygen atoms in total. The first-order chi connectivity index (χ1) is 11.7. The molecule has 2 aliphatic rings. The molecule has 0 spiro atoms. The van der Waals surface area contributed by atoms with E-state index in [0.717, 1.165) is 0 Å². The zero-order valence-corrected chi connectivity index (χ0v) is 19.5. The van der Waals surface area contributed by atoms with Crippen molar-refractivity contribution in [3.8, 4) is 11.1 Å². The van der Waals surface area contributed by atoms with E-state index >= 15 is 0 Å². The number of fused-ring (bicyclic) bond motifs is 3. The van der Waals surface area contributed by atoms with Gasteiger partial charge in [-0.25, -0.2) is 0 Å². The van der Waals surface area contributed by atoms with Gasteiger partial charge in [0.2, 0.25) is 0 Å². The van der Waals surface area contributed by atoms with Crippen LogP contribution in [0.1, 0.15) is 52.1 Å². The summed E-state index contributed by atoms with van der Waals surface area (Å²) >= 11 is -0.658. The number of hydrogen-bond acceptors (Lipinski definition) is 0. The second-order valence-electron chi connectivity index (χ2n) is 7.16. The van der Waals surface area contributed by atoms with Crippen LogP contribution in [0.15, 0.2) is 57.4 Å². The second-order valence-corrected chi connectivity index (χ2v) is 10.9. The van der Waals surface area contributed by atoms with E-state index < -0.39 is 23.2 Å². The number of allylic oxidation sites excluding steroid dienone is 4. The molecule has 0 saturated carbocycles. The van der Waals surface area contributed by atoms with Crippen LogP contribution in [0.2, 0.25) is 0 Å². The molecular weight excluding hydrogens is 438 g/mol. The van der Waals surface area contributed by atoms with Crippen molar-refractivity contribution in [2.24, 2.45) is 0 Å². The zero-order chi connectivity index (χ0) is 16.7. The molecule has 0 heterocycles. The van der Waals surface area contributed by atoms with E-state index in [-0.39, 0.29) is 24.8 Å². The van der Waals surface area contributed by atoms with Crippen LogP contribution in [-0.4, -0.2) is 0 Å². The Hall–Kier alpha value is -0.617. The number of aryl methyl sites for hydroxylation is 2. The van der Waals surface area contributed by atoms with Gasteiger partial charge in [-0.05, 0) is 0 Å². The molecule has 0 amide bonds. The summed E-state index contributed by atoms with van der Waals surface area (Å²) in [6, 6.07) is 14.1. The Morgan fingerprint density at radius 2 is 1.50 bits per heavy atom. The minimum Gasteiger partial charge on any atom is -1.00 e. The molecule has 0 saturated heterocycles. The maximum atomic E-state index is 2.54. The molecule has 0 bridgehead atoms. The van der Waals surface area contributed by atoms with Crippen LogP contribution in [-0.2, 0) is 23.2 Å². The molecule has 134 valence electrons. The molecule has 2 aromatic carbocycles. The Kier molecular flexibility index (Phi) is 7.55. The fourth-order valence-electron chi connectivity index (χ4n) is 3.99. The first-order valence-electron chi connectivity index (χ1n) is 9.03. The van der Waals surface area contributed by atoms with Crippen molar-refractivity contribution in [2.75, 3.05) is 0 Å². The smallest absolute Gasteiger partial charge is 1.00 e. The van der Waals surface area contributed by atoms with Crippen molar-refractivity contribution < 1.29 is 48.0 Å². The van der Waals surface area contributed by atoms with E-state index in [9.17, 15) is 0 Å². The van der Waals surface area contributed by atoms with E-state index in [2.05, 4.69) is 69.3 Å². The third-order valence-electron chi connectivity index (χ3n) is 5.14. The van der Waals surface area contributed by atoms with Gasteiger partial charge in [-0.2, -0.15) is 0 Å². The van der Waals surface area contributed by atoms with Gasteiger partial charge < -0.3 is 24.8 Å². The van der Waals surface area contributed by atoms with Crippen LogP contribution >= 0.6 is 0 Å². The van der Waals surface area contributed by atoms with Gasteiger partial charge in [-0.3, -0.25) is 0 Å². The largest absolute Gasteiger partial charge is 1.00 e. The first-order valence-corrected chi connectivity index (χ1v) is 11.7. The predicted molar refractivity (Wildman–Crippen MR) is 98.9 cm³/mol. The van der Waals surface area contributed by atoms with Gasteiger partial charge in [0.15, 0.2) is 0 Å². The third kappa shape index (κ3) is 4.11. The third-order valence-corrected chi connectivity index (χ3v) is 9.14. The number of halogens is 2. The molecule has 2 aliphatic carbocycles. The quantitative estimate of drug-likeness (QED) is 0.620. The molecule has 26 heavy (non-hydrogen) atoms. The number of hydrogen-bond donors (Lipinski definition) is 0. The standard InChI is InChI=1S/C15H13.C8H11.2ClH.Zr/c1-10-3-5-14-12(7-10)9-13-8-11(2)4-6-15(13)14;1-2-5-8-6-3-4-7-8;;;/h3-9H,1-2H3;6-7H,2-3,5H2,1H3;2*1H;/q;;;;+2/p-2. The predicted octanol–water partition coefficient (Wildman–Crippen LogP) is 0.478. The molecule has 2 aromatic rings. The molecule has 0 unspecified atom stereocenters. The van der Waals surface area contributed by atoms with E-state index in [0.29, 0.717) is 3.63 Å². The van der Waals surface area contributed by atoms with Crippen LogP contribution in [0.3, 0.4) is 0 Å². The topological polar surface area (TPSA) is 0 Å². The Balaban J connectivity index is 0.00000121. The molecule has 0 aromatic heterocycles. The normalized spacial score (nSPS) is 14.4. The van der Waals surface area contributed by atoms with Crippen LogP contribution in [0.25, 0.3) is 11.1 Å². The molecular formula is C23H24Cl2Zr. The second kappa shape index (κ2) is 9.05. The van der Waals surface area contributed by atoms with Gasteiger partial charge in [-0.1, -0.05) is 0 Å². The summed E-state index contributed by atoms with van der Waals surface area (Å²) in [7, 11) is 0. The Labute approximate surface area is 181 Å². The molecule has 4 rings (SSSR count). The number of rotatable bonds is 4. The fraction of sp³-hybridized carbons (Fsp3) is 0.304. The van der Waals surface area contributed by atoms with Crippen molar-refractivity contribution in [3.05, 3.63) is 79.7 Å². The van der Waals surface area contributed by atoms with E-state index in [1.807, 2.05) is 0 Å². The summed E-state index contributed by atoms with van der Waals surface area (Å²) in [5, 5.41) is 0. The average Bonchev–Trinajstić information content (AvgIpc) is 3.11. The van der Waals surface area contributed by atoms with Gasteiger partial charge in [0.05, 0.1) is 0 Å². The molecule has 0 atom stereocenters. The first kappa shape index (κ1) is 21.7. The van der Waals surface area contributed by atoms with Crippen LogP contribution in [0.4, 0.5) is 0 Å². The maximum absolute atomic E-state index is 2.54. The minimum atomic E-state index is -0.658. The van der Waals surface area contributed by atoms with Crippen molar-refractivity contribution in [2.45, 2.75) is 43.7 Å². The summed E-state index contributed by atoms with van der Waals surface area (Å²) in [5.74, 6) is 0. The van der Waals surface area contributed by atoms with E-state index in [1.165, 1.54) is 41.5 Å². The van der Waals surface area contributed by atoms with Crippen LogP contribution < -0.4 is 24.8 Å². The zero-order valence-electron chi connectivity index (χ0n) is 15.6. The van der Waals surface area contributed by atoms with Gasteiger partial charge in [-0.15, -0.1) is 0 Å². The van der Waals surface area contributed by atoms with Crippen LogP contribution in [0.5, 0.6) is 0 Å². The Bertz CT molecular complexity index is 813. The SMILES string of the molecule is CCCC1=CC[C]([Zr+2][CH]2c3cc(C)ccc3-c3ccc(C)cc32)=C1.[Cl-].[Cl-]. The summed E-state index contributed by atoms with van der Waals surface area (Å²) in [6.07, 6.45) is 8.75. The van der Waals surface area contributed by atoms with Gasteiger partial charge in [0.25, 0.3) is 0 Å². The van der Waals surface area contributed by atoms with Crippen LogP contribution in [0, 0.1) is 13.8 Å². The van der Waals surface area contributed by atoms with Gasteiger partial charge in [0, 0.05) is 0 Å². The van der Waals surface area contributed by atoms with Crippen molar-refractivity contribution in [1.82, 2.24) is 0 Å². The number of benzene rings is 2. The molecule has 0 N–H and O–H groups in total. The summed E-state index contributed by atoms with van der Waals surface area (Å²) in [4.78, 5) is 0.